The van der Waals surface area contributed by atoms with Gasteiger partial charge < -0.3 is 5.32 Å². The van der Waals surface area contributed by atoms with Crippen molar-refractivity contribution in [2.45, 2.75) is 24.8 Å². The van der Waals surface area contributed by atoms with Crippen LogP contribution in [0.25, 0.3) is 0 Å². The van der Waals surface area contributed by atoms with Crippen molar-refractivity contribution in [2.75, 3.05) is 11.9 Å². The van der Waals surface area contributed by atoms with Crippen LogP contribution in [0.2, 0.25) is 15.1 Å². The molecule has 0 aliphatic carbocycles. The van der Waals surface area contributed by atoms with Crippen molar-refractivity contribution < 1.29 is 13.2 Å². The Hall–Kier alpha value is -2.09. The SMILES string of the molecule is CCc1ccccc1NC(=O)CN(Cc1c(Cl)cccc1Cl)S(=O)(=O)c1ccc(Cl)cc1. The Morgan fingerprint density at radius 3 is 2.16 bits per heavy atom. The van der Waals surface area contributed by atoms with E-state index in [0.717, 1.165) is 16.3 Å². The predicted octanol–water partition coefficient (Wildman–Crippen LogP) is 6.04. The molecular weight excluding hydrogens is 491 g/mol. The molecule has 1 amide bonds. The number of rotatable bonds is 8. The van der Waals surface area contributed by atoms with Gasteiger partial charge in [-0.25, -0.2) is 8.42 Å². The van der Waals surface area contributed by atoms with Crippen molar-refractivity contribution in [2.24, 2.45) is 0 Å². The Balaban J connectivity index is 1.94. The molecule has 0 aliphatic rings. The fourth-order valence-corrected chi connectivity index (χ4v) is 5.15. The van der Waals surface area contributed by atoms with E-state index in [2.05, 4.69) is 5.32 Å². The highest BCUT2D eigenvalue weighted by molar-refractivity contribution is 7.89. The van der Waals surface area contributed by atoms with Gasteiger partial charge in [-0.05, 0) is 54.4 Å². The number of hydrogen-bond donors (Lipinski definition) is 1. The summed E-state index contributed by atoms with van der Waals surface area (Å²) < 4.78 is 27.8. The first-order valence-corrected chi connectivity index (χ1v) is 12.4. The number of aryl methyl sites for hydroxylation is 1. The van der Waals surface area contributed by atoms with Crippen molar-refractivity contribution in [1.82, 2.24) is 4.31 Å². The molecule has 32 heavy (non-hydrogen) atoms. The van der Waals surface area contributed by atoms with Gasteiger partial charge in [0.25, 0.3) is 0 Å². The first-order chi connectivity index (χ1) is 15.2. The molecule has 0 radical (unpaired) electrons. The van der Waals surface area contributed by atoms with Gasteiger partial charge >= 0.3 is 0 Å². The molecule has 5 nitrogen and oxygen atoms in total. The summed E-state index contributed by atoms with van der Waals surface area (Å²) in [5.41, 5.74) is 2.00. The molecule has 1 N–H and O–H groups in total. The standard InChI is InChI=1S/C23H21Cl3N2O3S/c1-2-16-6-3-4-9-22(16)27-23(29)15-28(14-19-20(25)7-5-8-21(19)26)32(30,31)18-12-10-17(24)11-13-18/h3-13H,2,14-15H2,1H3,(H,27,29). The van der Waals surface area contributed by atoms with Crippen LogP contribution in [0, 0.1) is 0 Å². The molecule has 168 valence electrons. The molecule has 0 unspecified atom stereocenters. The molecule has 3 aromatic carbocycles. The van der Waals surface area contributed by atoms with Crippen LogP contribution in [0.3, 0.4) is 0 Å². The van der Waals surface area contributed by atoms with Crippen LogP contribution < -0.4 is 5.32 Å². The lowest BCUT2D eigenvalue weighted by Gasteiger charge is -2.23. The number of sulfonamides is 1. The van der Waals surface area contributed by atoms with Gasteiger partial charge in [-0.1, -0.05) is 66.0 Å². The van der Waals surface area contributed by atoms with Crippen molar-refractivity contribution in [3.8, 4) is 0 Å². The fourth-order valence-electron chi connectivity index (χ4n) is 3.14. The zero-order valence-corrected chi connectivity index (χ0v) is 20.3. The van der Waals surface area contributed by atoms with E-state index >= 15 is 0 Å². The van der Waals surface area contributed by atoms with Crippen molar-refractivity contribution in [3.05, 3.63) is 92.9 Å². The van der Waals surface area contributed by atoms with E-state index in [0.29, 0.717) is 26.3 Å². The highest BCUT2D eigenvalue weighted by atomic mass is 35.5. The largest absolute Gasteiger partial charge is 0.325 e. The van der Waals surface area contributed by atoms with E-state index in [1.54, 1.807) is 30.3 Å². The summed E-state index contributed by atoms with van der Waals surface area (Å²) in [7, 11) is -4.06. The molecule has 0 saturated heterocycles. The third-order valence-electron chi connectivity index (χ3n) is 4.84. The zero-order chi connectivity index (χ0) is 23.3. The Labute approximate surface area is 203 Å². The topological polar surface area (TPSA) is 66.5 Å². The highest BCUT2D eigenvalue weighted by Gasteiger charge is 2.28. The van der Waals surface area contributed by atoms with E-state index in [1.165, 1.54) is 24.3 Å². The first-order valence-electron chi connectivity index (χ1n) is 9.78. The minimum atomic E-state index is -4.06. The quantitative estimate of drug-likeness (QED) is 0.401. The Bertz CT molecular complexity index is 1200. The molecule has 0 spiro atoms. The number of nitrogens with zero attached hydrogens (tertiary/aromatic N) is 1. The number of carbonyl (C=O) groups is 1. The van der Waals surface area contributed by atoms with Crippen LogP contribution in [0.5, 0.6) is 0 Å². The van der Waals surface area contributed by atoms with E-state index in [-0.39, 0.29) is 11.4 Å². The summed E-state index contributed by atoms with van der Waals surface area (Å²) in [5.74, 6) is -0.480. The summed E-state index contributed by atoms with van der Waals surface area (Å²) in [6, 6.07) is 18.0. The minimum Gasteiger partial charge on any atom is -0.325 e. The second-order valence-corrected chi connectivity index (χ2v) is 10.2. The monoisotopic (exact) mass is 510 g/mol. The smallest absolute Gasteiger partial charge is 0.243 e. The summed E-state index contributed by atoms with van der Waals surface area (Å²) in [6.45, 7) is 1.37. The summed E-state index contributed by atoms with van der Waals surface area (Å²) in [6.07, 6.45) is 0.721. The van der Waals surface area contributed by atoms with Gasteiger partial charge in [0.2, 0.25) is 15.9 Å². The van der Waals surface area contributed by atoms with Gasteiger partial charge in [0.1, 0.15) is 0 Å². The third kappa shape index (κ3) is 5.82. The number of hydrogen-bond acceptors (Lipinski definition) is 3. The number of nitrogens with one attached hydrogen (secondary N) is 1. The van der Waals surface area contributed by atoms with E-state index in [4.69, 9.17) is 34.8 Å². The van der Waals surface area contributed by atoms with Crippen LogP contribution >= 0.6 is 34.8 Å². The van der Waals surface area contributed by atoms with Gasteiger partial charge in [-0.2, -0.15) is 4.31 Å². The Kier molecular flexibility index (Phi) is 8.20. The predicted molar refractivity (Wildman–Crippen MR) is 130 cm³/mol. The fraction of sp³-hybridized carbons (Fsp3) is 0.174. The van der Waals surface area contributed by atoms with Gasteiger partial charge in [-0.3, -0.25) is 4.79 Å². The number of carbonyl (C=O) groups excluding carboxylic acids is 1. The lowest BCUT2D eigenvalue weighted by atomic mass is 10.1. The average Bonchev–Trinajstić information content (AvgIpc) is 2.76. The van der Waals surface area contributed by atoms with E-state index in [1.807, 2.05) is 19.1 Å². The maximum Gasteiger partial charge on any atom is 0.243 e. The number of benzene rings is 3. The van der Waals surface area contributed by atoms with Gasteiger partial charge in [0, 0.05) is 32.9 Å². The van der Waals surface area contributed by atoms with Gasteiger partial charge in [0.05, 0.1) is 11.4 Å². The van der Waals surface area contributed by atoms with Crippen LogP contribution in [-0.4, -0.2) is 25.2 Å². The molecular formula is C23H21Cl3N2O3S. The van der Waals surface area contributed by atoms with Crippen molar-refractivity contribution in [1.29, 1.82) is 0 Å². The molecule has 0 aromatic heterocycles. The van der Waals surface area contributed by atoms with Crippen LogP contribution in [-0.2, 0) is 27.8 Å². The molecule has 0 heterocycles. The van der Waals surface area contributed by atoms with Gasteiger partial charge in [0.15, 0.2) is 0 Å². The molecule has 3 aromatic rings. The normalized spacial score (nSPS) is 11.5. The maximum absolute atomic E-state index is 13.4. The van der Waals surface area contributed by atoms with E-state index in [9.17, 15) is 13.2 Å². The number of halogens is 3. The number of amides is 1. The molecule has 0 saturated carbocycles. The molecule has 0 atom stereocenters. The lowest BCUT2D eigenvalue weighted by Crippen LogP contribution is -2.37. The van der Waals surface area contributed by atoms with Crippen LogP contribution in [0.15, 0.2) is 71.6 Å². The van der Waals surface area contributed by atoms with Crippen molar-refractivity contribution >= 4 is 56.4 Å². The molecule has 0 bridgehead atoms. The highest BCUT2D eigenvalue weighted by Crippen LogP contribution is 2.28. The first kappa shape index (κ1) is 24.6. The van der Waals surface area contributed by atoms with Gasteiger partial charge in [-0.15, -0.1) is 0 Å². The lowest BCUT2D eigenvalue weighted by molar-refractivity contribution is -0.116. The second-order valence-electron chi connectivity index (χ2n) is 6.99. The second kappa shape index (κ2) is 10.7. The summed E-state index contributed by atoms with van der Waals surface area (Å²) in [5, 5.41) is 3.83. The Morgan fingerprint density at radius 2 is 1.53 bits per heavy atom. The minimum absolute atomic E-state index is 0.00633. The van der Waals surface area contributed by atoms with E-state index < -0.39 is 22.5 Å². The third-order valence-corrected chi connectivity index (χ3v) is 7.61. The molecule has 3 rings (SSSR count). The summed E-state index contributed by atoms with van der Waals surface area (Å²) >= 11 is 18.5. The number of para-hydroxylation sites is 1. The Morgan fingerprint density at radius 1 is 0.906 bits per heavy atom. The average molecular weight is 512 g/mol. The molecule has 0 aliphatic heterocycles. The summed E-state index contributed by atoms with van der Waals surface area (Å²) in [4.78, 5) is 12.9. The van der Waals surface area contributed by atoms with Crippen LogP contribution in [0.4, 0.5) is 5.69 Å². The number of anilines is 1. The molecule has 0 fully saturated rings. The molecule has 9 heteroatoms. The van der Waals surface area contributed by atoms with Crippen LogP contribution in [0.1, 0.15) is 18.1 Å². The maximum atomic E-state index is 13.4. The zero-order valence-electron chi connectivity index (χ0n) is 17.2. The van der Waals surface area contributed by atoms with Crippen molar-refractivity contribution in [3.63, 3.8) is 0 Å².